The number of carbonyl (C=O) groups excluding carboxylic acids is 2. The molecule has 108 valence electrons. The second-order valence-electron chi connectivity index (χ2n) is 5.20. The standard InChI is InChI=1S/C16H10N2O4/c1-6-17-11-12(18-6)16(22)10-9(15(11)21)13(19)7-4-2-3-5-8(7)14(10)20/h2-5,19-20H,1H3,(H,17,18). The summed E-state index contributed by atoms with van der Waals surface area (Å²) in [5, 5.41) is 21.5. The summed E-state index contributed by atoms with van der Waals surface area (Å²) in [5.41, 5.74) is -0.363. The Morgan fingerprint density at radius 1 is 0.955 bits per heavy atom. The van der Waals surface area contributed by atoms with Crippen molar-refractivity contribution in [2.45, 2.75) is 6.92 Å². The van der Waals surface area contributed by atoms with Crippen molar-refractivity contribution in [1.29, 1.82) is 0 Å². The van der Waals surface area contributed by atoms with Crippen LogP contribution < -0.4 is 0 Å². The molecule has 3 aromatic rings. The number of phenols is 2. The van der Waals surface area contributed by atoms with Gasteiger partial charge in [-0.15, -0.1) is 0 Å². The molecule has 0 aliphatic heterocycles. The molecule has 0 saturated carbocycles. The molecule has 0 radical (unpaired) electrons. The lowest BCUT2D eigenvalue weighted by atomic mass is 9.86. The number of aromatic hydroxyl groups is 2. The monoisotopic (exact) mass is 294 g/mol. The molecule has 0 atom stereocenters. The zero-order chi connectivity index (χ0) is 15.6. The first-order valence-corrected chi connectivity index (χ1v) is 6.63. The van der Waals surface area contributed by atoms with Crippen LogP contribution in [0, 0.1) is 6.92 Å². The molecule has 6 heteroatoms. The zero-order valence-corrected chi connectivity index (χ0v) is 11.5. The number of aromatic amines is 1. The lowest BCUT2D eigenvalue weighted by Crippen LogP contribution is -2.21. The van der Waals surface area contributed by atoms with Gasteiger partial charge in [-0.05, 0) is 6.92 Å². The van der Waals surface area contributed by atoms with Gasteiger partial charge in [0, 0.05) is 10.8 Å². The summed E-state index contributed by atoms with van der Waals surface area (Å²) < 4.78 is 0. The van der Waals surface area contributed by atoms with Crippen LogP contribution in [-0.2, 0) is 0 Å². The largest absolute Gasteiger partial charge is 0.506 e. The van der Waals surface area contributed by atoms with Crippen molar-refractivity contribution < 1.29 is 19.8 Å². The number of nitrogens with zero attached hydrogens (tertiary/aromatic N) is 1. The first-order valence-electron chi connectivity index (χ1n) is 6.63. The number of fused-ring (bicyclic) bond motifs is 3. The van der Waals surface area contributed by atoms with Crippen LogP contribution in [0.2, 0.25) is 0 Å². The number of ketones is 2. The number of aromatic nitrogens is 2. The number of hydrogen-bond donors (Lipinski definition) is 3. The summed E-state index contributed by atoms with van der Waals surface area (Å²) >= 11 is 0. The highest BCUT2D eigenvalue weighted by atomic mass is 16.3. The van der Waals surface area contributed by atoms with Gasteiger partial charge in [-0.25, -0.2) is 4.98 Å². The van der Waals surface area contributed by atoms with Crippen LogP contribution in [0.15, 0.2) is 24.3 Å². The van der Waals surface area contributed by atoms with Crippen LogP contribution in [0.4, 0.5) is 0 Å². The molecule has 0 unspecified atom stereocenters. The SMILES string of the molecule is Cc1nc2c([nH]1)C(=O)c1c(c(O)c3ccccc3c1O)C2=O. The number of benzene rings is 2. The number of H-pyrrole nitrogens is 1. The third-order valence-electron chi connectivity index (χ3n) is 3.88. The minimum Gasteiger partial charge on any atom is -0.506 e. The van der Waals surface area contributed by atoms with Crippen molar-refractivity contribution in [3.05, 3.63) is 52.6 Å². The van der Waals surface area contributed by atoms with Gasteiger partial charge < -0.3 is 15.2 Å². The van der Waals surface area contributed by atoms with Gasteiger partial charge in [-0.1, -0.05) is 24.3 Å². The zero-order valence-electron chi connectivity index (χ0n) is 11.5. The predicted molar refractivity (Wildman–Crippen MR) is 77.5 cm³/mol. The lowest BCUT2D eigenvalue weighted by Gasteiger charge is -2.18. The van der Waals surface area contributed by atoms with Crippen LogP contribution in [0.3, 0.4) is 0 Å². The van der Waals surface area contributed by atoms with E-state index in [0.29, 0.717) is 16.6 Å². The maximum atomic E-state index is 12.6. The molecule has 0 amide bonds. The number of aryl methyl sites for hydroxylation is 1. The van der Waals surface area contributed by atoms with Crippen molar-refractivity contribution in [3.8, 4) is 11.5 Å². The molecule has 0 spiro atoms. The van der Waals surface area contributed by atoms with E-state index in [1.807, 2.05) is 0 Å². The van der Waals surface area contributed by atoms with Gasteiger partial charge in [-0.2, -0.15) is 0 Å². The Labute approximate surface area is 124 Å². The third kappa shape index (κ3) is 1.36. The summed E-state index contributed by atoms with van der Waals surface area (Å²) in [4.78, 5) is 31.9. The summed E-state index contributed by atoms with van der Waals surface area (Å²) in [6, 6.07) is 6.51. The van der Waals surface area contributed by atoms with Crippen molar-refractivity contribution in [2.75, 3.05) is 0 Å². The highest BCUT2D eigenvalue weighted by molar-refractivity contribution is 6.31. The van der Waals surface area contributed by atoms with E-state index in [0.717, 1.165) is 0 Å². The van der Waals surface area contributed by atoms with Gasteiger partial charge in [0.15, 0.2) is 0 Å². The van der Waals surface area contributed by atoms with Crippen molar-refractivity contribution in [2.24, 2.45) is 0 Å². The fourth-order valence-electron chi connectivity index (χ4n) is 2.91. The average Bonchev–Trinajstić information content (AvgIpc) is 2.91. The summed E-state index contributed by atoms with van der Waals surface area (Å²) in [5.74, 6) is -1.33. The van der Waals surface area contributed by atoms with Crippen LogP contribution in [0.5, 0.6) is 11.5 Å². The molecule has 1 aliphatic carbocycles. The Hall–Kier alpha value is -3.15. The van der Waals surface area contributed by atoms with Crippen LogP contribution in [-0.4, -0.2) is 31.7 Å². The van der Waals surface area contributed by atoms with E-state index >= 15 is 0 Å². The number of carbonyl (C=O) groups is 2. The third-order valence-corrected chi connectivity index (χ3v) is 3.88. The molecule has 3 N–H and O–H groups in total. The molecule has 6 nitrogen and oxygen atoms in total. The first-order chi connectivity index (χ1) is 10.5. The lowest BCUT2D eigenvalue weighted by molar-refractivity contribution is 0.0969. The van der Waals surface area contributed by atoms with Gasteiger partial charge in [0.25, 0.3) is 0 Å². The molecule has 0 bridgehead atoms. The van der Waals surface area contributed by atoms with E-state index < -0.39 is 11.6 Å². The van der Waals surface area contributed by atoms with E-state index in [9.17, 15) is 19.8 Å². The Bertz CT molecular complexity index is 923. The van der Waals surface area contributed by atoms with E-state index in [1.54, 1.807) is 31.2 Å². The highest BCUT2D eigenvalue weighted by Crippen LogP contribution is 2.43. The van der Waals surface area contributed by atoms with Crippen LogP contribution >= 0.6 is 0 Å². The van der Waals surface area contributed by atoms with Crippen LogP contribution in [0.25, 0.3) is 10.8 Å². The summed E-state index contributed by atoms with van der Waals surface area (Å²) in [7, 11) is 0. The van der Waals surface area contributed by atoms with E-state index in [2.05, 4.69) is 9.97 Å². The first kappa shape index (κ1) is 12.6. The van der Waals surface area contributed by atoms with Gasteiger partial charge in [0.1, 0.15) is 28.7 Å². The molecule has 2 aromatic carbocycles. The Morgan fingerprint density at radius 3 is 2.09 bits per heavy atom. The number of imidazole rings is 1. The van der Waals surface area contributed by atoms with Crippen molar-refractivity contribution >= 4 is 22.3 Å². The molecule has 22 heavy (non-hydrogen) atoms. The Kier molecular flexibility index (Phi) is 2.25. The number of nitrogens with one attached hydrogen (secondary N) is 1. The fourth-order valence-corrected chi connectivity index (χ4v) is 2.91. The van der Waals surface area contributed by atoms with Gasteiger partial charge in [-0.3, -0.25) is 9.59 Å². The Morgan fingerprint density at radius 2 is 1.50 bits per heavy atom. The molecular weight excluding hydrogens is 284 g/mol. The molecular formula is C16H10N2O4. The van der Waals surface area contributed by atoms with Crippen LogP contribution in [0.1, 0.15) is 37.9 Å². The second-order valence-corrected chi connectivity index (χ2v) is 5.20. The van der Waals surface area contributed by atoms with E-state index in [1.165, 1.54) is 0 Å². The average molecular weight is 294 g/mol. The van der Waals surface area contributed by atoms with Gasteiger partial charge >= 0.3 is 0 Å². The van der Waals surface area contributed by atoms with E-state index in [-0.39, 0.29) is 34.0 Å². The number of phenolic OH excluding ortho intramolecular Hbond substituents is 2. The minimum absolute atomic E-state index is 0.0278. The van der Waals surface area contributed by atoms with Gasteiger partial charge in [0.2, 0.25) is 11.6 Å². The minimum atomic E-state index is -0.576. The topological polar surface area (TPSA) is 103 Å². The quantitative estimate of drug-likeness (QED) is 0.431. The van der Waals surface area contributed by atoms with Crippen molar-refractivity contribution in [3.63, 3.8) is 0 Å². The molecule has 4 rings (SSSR count). The molecule has 1 heterocycles. The van der Waals surface area contributed by atoms with Crippen molar-refractivity contribution in [1.82, 2.24) is 9.97 Å². The normalized spacial score (nSPS) is 13.3. The second kappa shape index (κ2) is 3.94. The maximum Gasteiger partial charge on any atom is 0.218 e. The van der Waals surface area contributed by atoms with E-state index in [4.69, 9.17) is 0 Å². The highest BCUT2D eigenvalue weighted by Gasteiger charge is 2.38. The molecule has 0 fully saturated rings. The number of hydrogen-bond acceptors (Lipinski definition) is 5. The predicted octanol–water partition coefficient (Wildman–Crippen LogP) is 2.06. The summed E-state index contributed by atoms with van der Waals surface area (Å²) in [6.07, 6.45) is 0. The van der Waals surface area contributed by atoms with Gasteiger partial charge in [0.05, 0.1) is 11.1 Å². The number of rotatable bonds is 0. The molecule has 1 aromatic heterocycles. The smallest absolute Gasteiger partial charge is 0.218 e. The molecule has 0 saturated heterocycles. The Balaban J connectivity index is 2.19. The molecule has 1 aliphatic rings. The fraction of sp³-hybridized carbons (Fsp3) is 0.0625. The maximum absolute atomic E-state index is 12.6. The summed E-state index contributed by atoms with van der Waals surface area (Å²) in [6.45, 7) is 1.62.